The smallest absolute Gasteiger partial charge is 0.188 e. The molecule has 156 valence electrons. The van der Waals surface area contributed by atoms with E-state index in [4.69, 9.17) is 19.9 Å². The number of nitrogens with one attached hydrogen (secondary N) is 1. The number of rotatable bonds is 9. The van der Waals surface area contributed by atoms with E-state index in [1.54, 1.807) is 0 Å². The predicted molar refractivity (Wildman–Crippen MR) is 110 cm³/mol. The number of ether oxygens (including phenoxy) is 3. The molecular weight excluding hydrogens is 356 g/mol. The number of hydrogen-bond donors (Lipinski definition) is 2. The van der Waals surface area contributed by atoms with E-state index >= 15 is 0 Å². The minimum Gasteiger partial charge on any atom is -0.381 e. The Kier molecular flexibility index (Phi) is 9.03. The van der Waals surface area contributed by atoms with Crippen molar-refractivity contribution in [1.29, 1.82) is 0 Å². The van der Waals surface area contributed by atoms with E-state index in [9.17, 15) is 0 Å². The van der Waals surface area contributed by atoms with Crippen LogP contribution >= 0.6 is 0 Å². The summed E-state index contributed by atoms with van der Waals surface area (Å²) in [6, 6.07) is 8.38. The molecule has 0 atom stereocenters. The zero-order valence-corrected chi connectivity index (χ0v) is 16.8. The largest absolute Gasteiger partial charge is 0.381 e. The lowest BCUT2D eigenvalue weighted by atomic mass is 10.1. The number of benzene rings is 1. The van der Waals surface area contributed by atoms with Crippen LogP contribution in [0.2, 0.25) is 0 Å². The summed E-state index contributed by atoms with van der Waals surface area (Å²) in [5, 5.41) is 3.21. The Bertz CT molecular complexity index is 599. The minimum atomic E-state index is 0.313. The standard InChI is InChI=1S/C21H34N4O3/c22-21(23-7-2-8-25-9-13-27-14-10-25)24-16-18-3-1-4-19(15-18)17-28-20-5-11-26-12-6-20/h1,3-4,15,20H,2,5-14,16-17H2,(H3,22,23,24). The van der Waals surface area contributed by atoms with Crippen molar-refractivity contribution in [2.75, 3.05) is 52.6 Å². The summed E-state index contributed by atoms with van der Waals surface area (Å²) < 4.78 is 16.7. The Morgan fingerprint density at radius 3 is 2.71 bits per heavy atom. The lowest BCUT2D eigenvalue weighted by Gasteiger charge is -2.26. The molecule has 2 fully saturated rings. The molecule has 3 rings (SSSR count). The third-order valence-electron chi connectivity index (χ3n) is 5.14. The second-order valence-electron chi connectivity index (χ2n) is 7.38. The molecule has 0 bridgehead atoms. The van der Waals surface area contributed by atoms with Gasteiger partial charge in [0.05, 0.1) is 32.5 Å². The lowest BCUT2D eigenvalue weighted by molar-refractivity contribution is -0.0390. The zero-order chi connectivity index (χ0) is 19.4. The quantitative estimate of drug-likeness (QED) is 0.378. The van der Waals surface area contributed by atoms with Crippen LogP contribution in [-0.2, 0) is 27.4 Å². The molecular formula is C21H34N4O3. The first kappa shape index (κ1) is 21.0. The average Bonchev–Trinajstić information content (AvgIpc) is 2.76. The Hall–Kier alpha value is -1.67. The van der Waals surface area contributed by atoms with Gasteiger partial charge >= 0.3 is 0 Å². The number of guanidine groups is 1. The molecule has 2 saturated heterocycles. The number of hydrogen-bond acceptors (Lipinski definition) is 5. The molecule has 1 aromatic carbocycles. The third-order valence-corrected chi connectivity index (χ3v) is 5.14. The number of nitrogens with zero attached hydrogens (tertiary/aromatic N) is 2. The summed E-state index contributed by atoms with van der Waals surface area (Å²) in [5.41, 5.74) is 8.33. The Labute approximate surface area is 168 Å². The molecule has 0 spiro atoms. The van der Waals surface area contributed by atoms with Crippen LogP contribution in [0.25, 0.3) is 0 Å². The molecule has 2 aliphatic rings. The Balaban J connectivity index is 1.34. The molecule has 0 unspecified atom stereocenters. The molecule has 7 heteroatoms. The summed E-state index contributed by atoms with van der Waals surface area (Å²) in [5.74, 6) is 0.505. The molecule has 2 aliphatic heterocycles. The summed E-state index contributed by atoms with van der Waals surface area (Å²) in [4.78, 5) is 6.89. The summed E-state index contributed by atoms with van der Waals surface area (Å²) in [7, 11) is 0. The van der Waals surface area contributed by atoms with Crippen LogP contribution in [0, 0.1) is 0 Å². The monoisotopic (exact) mass is 390 g/mol. The summed E-state index contributed by atoms with van der Waals surface area (Å²) >= 11 is 0. The zero-order valence-electron chi connectivity index (χ0n) is 16.8. The van der Waals surface area contributed by atoms with Crippen LogP contribution < -0.4 is 11.1 Å². The average molecular weight is 391 g/mol. The van der Waals surface area contributed by atoms with Crippen LogP contribution in [0.5, 0.6) is 0 Å². The van der Waals surface area contributed by atoms with Gasteiger partial charge in [-0.1, -0.05) is 24.3 Å². The highest BCUT2D eigenvalue weighted by molar-refractivity contribution is 5.77. The Morgan fingerprint density at radius 2 is 1.89 bits per heavy atom. The molecule has 0 aliphatic carbocycles. The molecule has 7 nitrogen and oxygen atoms in total. The number of morpholine rings is 1. The molecule has 28 heavy (non-hydrogen) atoms. The van der Waals surface area contributed by atoms with Crippen molar-refractivity contribution in [3.8, 4) is 0 Å². The fourth-order valence-electron chi connectivity index (χ4n) is 3.45. The van der Waals surface area contributed by atoms with Crippen molar-refractivity contribution in [2.24, 2.45) is 10.7 Å². The van der Waals surface area contributed by atoms with Gasteiger partial charge in [-0.2, -0.15) is 0 Å². The second-order valence-corrected chi connectivity index (χ2v) is 7.38. The topological polar surface area (TPSA) is 81.3 Å². The van der Waals surface area contributed by atoms with Gasteiger partial charge in [0.15, 0.2) is 5.96 Å². The summed E-state index contributed by atoms with van der Waals surface area (Å²) in [6.07, 6.45) is 3.33. The van der Waals surface area contributed by atoms with Crippen LogP contribution in [-0.4, -0.2) is 69.6 Å². The van der Waals surface area contributed by atoms with Crippen molar-refractivity contribution < 1.29 is 14.2 Å². The molecule has 2 heterocycles. The van der Waals surface area contributed by atoms with E-state index in [1.807, 2.05) is 0 Å². The maximum Gasteiger partial charge on any atom is 0.188 e. The van der Waals surface area contributed by atoms with E-state index in [2.05, 4.69) is 39.5 Å². The van der Waals surface area contributed by atoms with E-state index in [-0.39, 0.29) is 0 Å². The molecule has 0 saturated carbocycles. The number of nitrogens with two attached hydrogens (primary N) is 1. The molecule has 0 amide bonds. The van der Waals surface area contributed by atoms with E-state index in [0.717, 1.165) is 77.4 Å². The highest BCUT2D eigenvalue weighted by Gasteiger charge is 2.14. The van der Waals surface area contributed by atoms with E-state index in [1.165, 1.54) is 5.56 Å². The van der Waals surface area contributed by atoms with Gasteiger partial charge in [-0.3, -0.25) is 4.90 Å². The second kappa shape index (κ2) is 12.0. The van der Waals surface area contributed by atoms with E-state index in [0.29, 0.717) is 25.2 Å². The summed E-state index contributed by atoms with van der Waals surface area (Å²) in [6.45, 7) is 8.47. The fraction of sp³-hybridized carbons (Fsp3) is 0.667. The van der Waals surface area contributed by atoms with Crippen molar-refractivity contribution >= 4 is 5.96 Å². The van der Waals surface area contributed by atoms with Crippen LogP contribution in [0.4, 0.5) is 0 Å². The molecule has 3 N–H and O–H groups in total. The van der Waals surface area contributed by atoms with Crippen LogP contribution in [0.15, 0.2) is 29.3 Å². The maximum absolute atomic E-state index is 6.00. The van der Waals surface area contributed by atoms with Gasteiger partial charge in [0.25, 0.3) is 0 Å². The minimum absolute atomic E-state index is 0.313. The van der Waals surface area contributed by atoms with Gasteiger partial charge in [0.2, 0.25) is 0 Å². The van der Waals surface area contributed by atoms with Gasteiger partial charge in [-0.05, 0) is 36.9 Å². The van der Waals surface area contributed by atoms with Gasteiger partial charge < -0.3 is 25.3 Å². The van der Waals surface area contributed by atoms with Crippen molar-refractivity contribution in [1.82, 2.24) is 10.2 Å². The predicted octanol–water partition coefficient (Wildman–Crippen LogP) is 1.51. The fourth-order valence-corrected chi connectivity index (χ4v) is 3.45. The number of aliphatic imine (C=N–C) groups is 1. The molecule has 0 aromatic heterocycles. The van der Waals surface area contributed by atoms with Gasteiger partial charge in [-0.25, -0.2) is 4.99 Å². The van der Waals surface area contributed by atoms with Gasteiger partial charge in [0.1, 0.15) is 0 Å². The van der Waals surface area contributed by atoms with Crippen LogP contribution in [0.1, 0.15) is 30.4 Å². The lowest BCUT2D eigenvalue weighted by Crippen LogP contribution is -2.39. The van der Waals surface area contributed by atoms with Gasteiger partial charge in [0, 0.05) is 32.8 Å². The molecule has 1 aromatic rings. The SMILES string of the molecule is NC(=NCc1cccc(COC2CCOCC2)c1)NCCCN1CCOCC1. The third kappa shape index (κ3) is 7.75. The van der Waals surface area contributed by atoms with Gasteiger partial charge in [-0.15, -0.1) is 0 Å². The highest BCUT2D eigenvalue weighted by Crippen LogP contribution is 2.14. The first-order chi connectivity index (χ1) is 13.8. The van der Waals surface area contributed by atoms with Crippen LogP contribution in [0.3, 0.4) is 0 Å². The van der Waals surface area contributed by atoms with Crippen molar-refractivity contribution in [3.63, 3.8) is 0 Å². The van der Waals surface area contributed by atoms with Crippen molar-refractivity contribution in [2.45, 2.75) is 38.5 Å². The Morgan fingerprint density at radius 1 is 1.14 bits per heavy atom. The first-order valence-electron chi connectivity index (χ1n) is 10.4. The normalized spacial score (nSPS) is 19.6. The van der Waals surface area contributed by atoms with E-state index < -0.39 is 0 Å². The maximum atomic E-state index is 6.00. The first-order valence-corrected chi connectivity index (χ1v) is 10.4. The molecule has 0 radical (unpaired) electrons. The van der Waals surface area contributed by atoms with Crippen molar-refractivity contribution in [3.05, 3.63) is 35.4 Å². The highest BCUT2D eigenvalue weighted by atomic mass is 16.5.